The van der Waals surface area contributed by atoms with Crippen molar-refractivity contribution in [2.75, 3.05) is 11.5 Å². The second kappa shape index (κ2) is 8.63. The molecule has 0 saturated heterocycles. The smallest absolute Gasteiger partial charge is 0.414 e. The summed E-state index contributed by atoms with van der Waals surface area (Å²) in [5, 5.41) is 13.8. The van der Waals surface area contributed by atoms with E-state index in [2.05, 4.69) is 5.16 Å². The molecular formula is C27H28N2O5. The third-order valence-electron chi connectivity index (χ3n) is 7.07. The summed E-state index contributed by atoms with van der Waals surface area (Å²) >= 11 is 0. The lowest BCUT2D eigenvalue weighted by Gasteiger charge is -2.36. The summed E-state index contributed by atoms with van der Waals surface area (Å²) in [6.07, 6.45) is 3.97. The van der Waals surface area contributed by atoms with Gasteiger partial charge >= 0.3 is 12.1 Å². The molecule has 0 aliphatic heterocycles. The van der Waals surface area contributed by atoms with E-state index in [1.165, 1.54) is 0 Å². The number of rotatable bonds is 7. The van der Waals surface area contributed by atoms with Crippen molar-refractivity contribution in [3.8, 4) is 22.4 Å². The van der Waals surface area contributed by atoms with E-state index in [1.54, 1.807) is 11.8 Å². The minimum absolute atomic E-state index is 0.0919. The van der Waals surface area contributed by atoms with Crippen LogP contribution in [0.15, 0.2) is 53.1 Å². The van der Waals surface area contributed by atoms with Gasteiger partial charge in [0, 0.05) is 11.6 Å². The quantitative estimate of drug-likeness (QED) is 0.468. The summed E-state index contributed by atoms with van der Waals surface area (Å²) in [5.41, 5.74) is 4.32. The molecule has 2 fully saturated rings. The van der Waals surface area contributed by atoms with E-state index >= 15 is 0 Å². The maximum absolute atomic E-state index is 12.8. The van der Waals surface area contributed by atoms with E-state index in [0.29, 0.717) is 36.6 Å². The van der Waals surface area contributed by atoms with E-state index in [1.807, 2.05) is 55.5 Å². The lowest BCUT2D eigenvalue weighted by molar-refractivity contribution is -0.140. The lowest BCUT2D eigenvalue weighted by Crippen LogP contribution is -2.45. The molecule has 2 aliphatic rings. The number of aryl methyl sites for hydroxylation is 1. The molecule has 0 spiro atoms. The first-order chi connectivity index (χ1) is 16.4. The fraction of sp³-hybridized carbons (Fsp3) is 0.370. The van der Waals surface area contributed by atoms with Gasteiger partial charge in [0.1, 0.15) is 11.4 Å². The number of anilines is 1. The highest BCUT2D eigenvalue weighted by atomic mass is 16.6. The minimum Gasteiger partial charge on any atom is -0.481 e. The number of carboxylic acid groups (broad SMARTS) is 1. The number of aromatic nitrogens is 1. The SMILES string of the molecule is CCOC(=O)N(c1c(-c2ccc(-c3ccc(C4(C(=O)O)CC4)cc3)cc2)noc1C)C1CCC1. The molecule has 3 aromatic rings. The second-order valence-electron chi connectivity index (χ2n) is 9.13. The number of nitrogens with zero attached hydrogens (tertiary/aromatic N) is 2. The highest BCUT2D eigenvalue weighted by molar-refractivity contribution is 5.94. The molecule has 34 heavy (non-hydrogen) atoms. The number of carbonyl (C=O) groups excluding carboxylic acids is 1. The van der Waals surface area contributed by atoms with Crippen LogP contribution in [0.4, 0.5) is 10.5 Å². The molecule has 2 aliphatic carbocycles. The largest absolute Gasteiger partial charge is 0.481 e. The van der Waals surface area contributed by atoms with Gasteiger partial charge in [-0.2, -0.15) is 0 Å². The average Bonchev–Trinajstić information content (AvgIpc) is 3.54. The van der Waals surface area contributed by atoms with E-state index in [4.69, 9.17) is 9.26 Å². The normalized spacial score (nSPS) is 16.5. The van der Waals surface area contributed by atoms with Crippen molar-refractivity contribution in [1.82, 2.24) is 5.16 Å². The van der Waals surface area contributed by atoms with Gasteiger partial charge < -0.3 is 14.4 Å². The zero-order chi connectivity index (χ0) is 23.9. The van der Waals surface area contributed by atoms with Crippen LogP contribution in [0.25, 0.3) is 22.4 Å². The van der Waals surface area contributed by atoms with E-state index in [-0.39, 0.29) is 12.1 Å². The summed E-state index contributed by atoms with van der Waals surface area (Å²) in [6, 6.07) is 15.8. The molecule has 1 aromatic heterocycles. The molecule has 0 atom stereocenters. The monoisotopic (exact) mass is 460 g/mol. The molecule has 7 heteroatoms. The Balaban J connectivity index is 1.42. The number of carboxylic acids is 1. The van der Waals surface area contributed by atoms with Crippen LogP contribution in [0.1, 0.15) is 50.4 Å². The number of amides is 1. The number of benzene rings is 2. The Labute approximate surface area is 198 Å². The number of hydrogen-bond acceptors (Lipinski definition) is 5. The van der Waals surface area contributed by atoms with Gasteiger partial charge in [-0.1, -0.05) is 53.7 Å². The molecule has 7 nitrogen and oxygen atoms in total. The minimum atomic E-state index is -0.748. The second-order valence-corrected chi connectivity index (χ2v) is 9.13. The zero-order valence-electron chi connectivity index (χ0n) is 19.4. The summed E-state index contributed by atoms with van der Waals surface area (Å²) in [7, 11) is 0. The van der Waals surface area contributed by atoms with Gasteiger partial charge in [0.2, 0.25) is 0 Å². The van der Waals surface area contributed by atoms with Gasteiger partial charge in [-0.15, -0.1) is 0 Å². The Hall–Kier alpha value is -3.61. The van der Waals surface area contributed by atoms with Crippen molar-refractivity contribution in [3.05, 3.63) is 59.9 Å². The van der Waals surface area contributed by atoms with Gasteiger partial charge in [-0.3, -0.25) is 9.69 Å². The van der Waals surface area contributed by atoms with E-state index in [9.17, 15) is 14.7 Å². The Kier molecular flexibility index (Phi) is 5.63. The van der Waals surface area contributed by atoms with Crippen LogP contribution in [-0.2, 0) is 14.9 Å². The number of ether oxygens (including phenoxy) is 1. The van der Waals surface area contributed by atoms with Crippen LogP contribution in [0.2, 0.25) is 0 Å². The van der Waals surface area contributed by atoms with E-state index < -0.39 is 11.4 Å². The van der Waals surface area contributed by atoms with Crippen LogP contribution in [0.3, 0.4) is 0 Å². The van der Waals surface area contributed by atoms with Crippen molar-refractivity contribution in [3.63, 3.8) is 0 Å². The first-order valence-corrected chi connectivity index (χ1v) is 11.8. The average molecular weight is 461 g/mol. The van der Waals surface area contributed by atoms with Crippen LogP contribution in [0.5, 0.6) is 0 Å². The lowest BCUT2D eigenvalue weighted by atomic mass is 9.90. The Morgan fingerprint density at radius 2 is 1.65 bits per heavy atom. The topological polar surface area (TPSA) is 92.9 Å². The highest BCUT2D eigenvalue weighted by Crippen LogP contribution is 2.48. The molecule has 1 amide bonds. The van der Waals surface area contributed by atoms with Gasteiger partial charge in [-0.05, 0) is 62.6 Å². The van der Waals surface area contributed by atoms with Crippen LogP contribution in [0, 0.1) is 6.92 Å². The van der Waals surface area contributed by atoms with Crippen LogP contribution in [-0.4, -0.2) is 35.0 Å². The molecule has 1 N–H and O–H groups in total. The summed E-state index contributed by atoms with van der Waals surface area (Å²) in [6.45, 7) is 3.93. The molecule has 2 aromatic carbocycles. The van der Waals surface area contributed by atoms with Crippen molar-refractivity contribution in [2.24, 2.45) is 0 Å². The maximum atomic E-state index is 12.8. The van der Waals surface area contributed by atoms with Crippen molar-refractivity contribution in [2.45, 2.75) is 57.4 Å². The summed E-state index contributed by atoms with van der Waals surface area (Å²) in [4.78, 5) is 26.1. The van der Waals surface area contributed by atoms with Crippen molar-refractivity contribution >= 4 is 17.7 Å². The number of aliphatic carboxylic acids is 1. The van der Waals surface area contributed by atoms with Gasteiger partial charge in [0.05, 0.1) is 12.0 Å². The molecular weight excluding hydrogens is 432 g/mol. The molecule has 0 unspecified atom stereocenters. The number of hydrogen-bond donors (Lipinski definition) is 1. The summed E-state index contributed by atoms with van der Waals surface area (Å²) < 4.78 is 10.9. The van der Waals surface area contributed by atoms with Gasteiger partial charge in [0.25, 0.3) is 0 Å². The molecule has 0 radical (unpaired) electrons. The van der Waals surface area contributed by atoms with Gasteiger partial charge in [-0.25, -0.2) is 4.79 Å². The molecule has 2 saturated carbocycles. The van der Waals surface area contributed by atoms with Crippen molar-refractivity contribution in [1.29, 1.82) is 0 Å². The Morgan fingerprint density at radius 3 is 2.15 bits per heavy atom. The fourth-order valence-electron chi connectivity index (χ4n) is 4.65. The first-order valence-electron chi connectivity index (χ1n) is 11.8. The molecule has 5 rings (SSSR count). The Bertz CT molecular complexity index is 1200. The third kappa shape index (κ3) is 3.75. The number of carbonyl (C=O) groups is 2. The predicted octanol–water partition coefficient (Wildman–Crippen LogP) is 5.95. The first kappa shape index (κ1) is 22.2. The maximum Gasteiger partial charge on any atom is 0.414 e. The molecule has 0 bridgehead atoms. The summed E-state index contributed by atoms with van der Waals surface area (Å²) in [5.74, 6) is -0.163. The molecule has 1 heterocycles. The van der Waals surface area contributed by atoms with Crippen molar-refractivity contribution < 1.29 is 24.0 Å². The van der Waals surface area contributed by atoms with Crippen LogP contribution >= 0.6 is 0 Å². The van der Waals surface area contributed by atoms with E-state index in [0.717, 1.165) is 41.5 Å². The predicted molar refractivity (Wildman–Crippen MR) is 128 cm³/mol. The third-order valence-corrected chi connectivity index (χ3v) is 7.07. The standard InChI is InChI=1S/C27H28N2O5/c1-3-33-26(32)29(22-5-4-6-22)24-17(2)34-28-23(24)20-9-7-18(8-10-20)19-11-13-21(14-12-19)27(15-16-27)25(30)31/h7-14,22H,3-6,15-16H2,1-2H3,(H,30,31). The zero-order valence-corrected chi connectivity index (χ0v) is 19.4. The highest BCUT2D eigenvalue weighted by Gasteiger charge is 2.51. The fourth-order valence-corrected chi connectivity index (χ4v) is 4.65. The van der Waals surface area contributed by atoms with Gasteiger partial charge in [0.15, 0.2) is 5.76 Å². The van der Waals surface area contributed by atoms with Crippen LogP contribution < -0.4 is 4.90 Å². The molecule has 176 valence electrons. The Morgan fingerprint density at radius 1 is 1.06 bits per heavy atom.